The molecule has 0 atom stereocenters. The number of rotatable bonds is 7. The number of para-hydroxylation sites is 6. The SMILES string of the molecule is CC1(C)c2ccccc2N(c2ccccc2)c2c(-c3cccc4c(-c5cccc6c5[Si](c5ccccc5)(c5ccccc5)c5ccccc5-6)c5cccc(-c6cccc7c6N(c6ccccc6)c6ccccc6C7(C)C)c5cc34)cccc21. The molecule has 394 valence electrons. The number of anilines is 6. The van der Waals surface area contributed by atoms with Crippen LogP contribution >= 0.6 is 0 Å². The summed E-state index contributed by atoms with van der Waals surface area (Å²) in [6.45, 7) is 9.61. The van der Waals surface area contributed by atoms with E-state index in [0.717, 1.165) is 11.4 Å². The molecule has 0 N–H and O–H groups in total. The number of hydrogen-bond donors (Lipinski definition) is 0. The van der Waals surface area contributed by atoms with Crippen LogP contribution in [0.15, 0.2) is 291 Å². The Morgan fingerprint density at radius 2 is 0.639 bits per heavy atom. The van der Waals surface area contributed by atoms with Crippen molar-refractivity contribution in [2.45, 2.75) is 38.5 Å². The Bertz CT molecular complexity index is 4490. The molecule has 83 heavy (non-hydrogen) atoms. The van der Waals surface area contributed by atoms with E-state index in [-0.39, 0.29) is 10.8 Å². The lowest BCUT2D eigenvalue weighted by molar-refractivity contribution is 0.632. The molecule has 16 rings (SSSR count). The zero-order valence-corrected chi connectivity index (χ0v) is 48.1. The van der Waals surface area contributed by atoms with Gasteiger partial charge in [0.15, 0.2) is 8.07 Å². The molecule has 0 aromatic heterocycles. The topological polar surface area (TPSA) is 6.48 Å². The predicted octanol–water partition coefficient (Wildman–Crippen LogP) is 18.6. The highest BCUT2D eigenvalue weighted by molar-refractivity contribution is 7.22. The second-order valence-electron chi connectivity index (χ2n) is 23.8. The van der Waals surface area contributed by atoms with Gasteiger partial charge >= 0.3 is 0 Å². The van der Waals surface area contributed by atoms with Crippen LogP contribution in [0.5, 0.6) is 0 Å². The first-order valence-electron chi connectivity index (χ1n) is 29.3. The van der Waals surface area contributed by atoms with Crippen LogP contribution < -0.4 is 30.5 Å². The van der Waals surface area contributed by atoms with Crippen molar-refractivity contribution in [3.05, 3.63) is 313 Å². The summed E-state index contributed by atoms with van der Waals surface area (Å²) in [6, 6.07) is 111. The number of nitrogens with zero attached hydrogens (tertiary/aromatic N) is 2. The van der Waals surface area contributed by atoms with Gasteiger partial charge in [-0.1, -0.05) is 276 Å². The van der Waals surface area contributed by atoms with Gasteiger partial charge in [-0.25, -0.2) is 0 Å². The van der Waals surface area contributed by atoms with Gasteiger partial charge < -0.3 is 9.80 Å². The highest BCUT2D eigenvalue weighted by Crippen LogP contribution is 2.58. The maximum atomic E-state index is 2.57. The zero-order chi connectivity index (χ0) is 55.6. The Labute approximate surface area is 487 Å². The van der Waals surface area contributed by atoms with Crippen LogP contribution in [0.2, 0.25) is 0 Å². The third-order valence-electron chi connectivity index (χ3n) is 18.9. The Kier molecular flexibility index (Phi) is 11.0. The summed E-state index contributed by atoms with van der Waals surface area (Å²) in [6.07, 6.45) is 0. The molecule has 0 fully saturated rings. The van der Waals surface area contributed by atoms with E-state index in [4.69, 9.17) is 0 Å². The first-order chi connectivity index (χ1) is 40.8. The summed E-state index contributed by atoms with van der Waals surface area (Å²) < 4.78 is 0. The van der Waals surface area contributed by atoms with Crippen LogP contribution in [0, 0.1) is 0 Å². The van der Waals surface area contributed by atoms with Crippen LogP contribution in [0.1, 0.15) is 49.9 Å². The molecule has 2 nitrogen and oxygen atoms in total. The van der Waals surface area contributed by atoms with Crippen LogP contribution in [0.25, 0.3) is 66.1 Å². The molecule has 0 saturated carbocycles. The minimum atomic E-state index is -3.03. The van der Waals surface area contributed by atoms with Gasteiger partial charge in [0.1, 0.15) is 0 Å². The molecule has 0 saturated heterocycles. The summed E-state index contributed by atoms with van der Waals surface area (Å²) in [5, 5.41) is 10.6. The number of benzene rings is 13. The van der Waals surface area contributed by atoms with Crippen LogP contribution in [0.3, 0.4) is 0 Å². The lowest BCUT2D eigenvalue weighted by Crippen LogP contribution is -2.73. The van der Waals surface area contributed by atoms with Crippen LogP contribution in [0.4, 0.5) is 34.1 Å². The third-order valence-corrected chi connectivity index (χ3v) is 23.8. The quantitative estimate of drug-likeness (QED) is 0.116. The van der Waals surface area contributed by atoms with Crippen molar-refractivity contribution in [1.29, 1.82) is 0 Å². The first-order valence-corrected chi connectivity index (χ1v) is 31.3. The smallest absolute Gasteiger partial charge is 0.181 e. The second-order valence-corrected chi connectivity index (χ2v) is 27.5. The average Bonchev–Trinajstić information content (AvgIpc) is 3.08. The number of fused-ring (bicyclic) bond motifs is 9. The van der Waals surface area contributed by atoms with E-state index in [2.05, 4.69) is 329 Å². The van der Waals surface area contributed by atoms with Crippen molar-refractivity contribution in [2.75, 3.05) is 9.80 Å². The molecule has 3 heterocycles. The normalized spacial score (nSPS) is 14.7. The molecule has 3 aliphatic heterocycles. The fourth-order valence-corrected chi connectivity index (χ4v) is 20.7. The Balaban J connectivity index is 1.06. The minimum Gasteiger partial charge on any atom is -0.309 e. The lowest BCUT2D eigenvalue weighted by atomic mass is 9.72. The lowest BCUT2D eigenvalue weighted by Gasteiger charge is -2.43. The van der Waals surface area contributed by atoms with Gasteiger partial charge in [0.2, 0.25) is 0 Å². The van der Waals surface area contributed by atoms with Gasteiger partial charge in [0.25, 0.3) is 0 Å². The second kappa shape index (κ2) is 18.6. The molecular weight excluding hydrogens is 1020 g/mol. The van der Waals surface area contributed by atoms with Crippen LogP contribution in [-0.4, -0.2) is 8.07 Å². The maximum Gasteiger partial charge on any atom is 0.181 e. The van der Waals surface area contributed by atoms with Crippen molar-refractivity contribution in [3.8, 4) is 44.5 Å². The van der Waals surface area contributed by atoms with Crippen molar-refractivity contribution >= 4 is 84.5 Å². The van der Waals surface area contributed by atoms with Crippen molar-refractivity contribution in [2.24, 2.45) is 0 Å². The van der Waals surface area contributed by atoms with Crippen molar-refractivity contribution < 1.29 is 0 Å². The maximum absolute atomic E-state index is 3.03. The Morgan fingerprint density at radius 3 is 1.14 bits per heavy atom. The molecule has 0 unspecified atom stereocenters. The summed E-state index contributed by atoms with van der Waals surface area (Å²) in [5.41, 5.74) is 21.8. The Hall–Kier alpha value is -9.80. The predicted molar refractivity (Wildman–Crippen MR) is 354 cm³/mol. The molecule has 0 aliphatic carbocycles. The van der Waals surface area contributed by atoms with E-state index in [0.29, 0.717) is 0 Å². The third kappa shape index (κ3) is 7.02. The standard InChI is InChI=1S/C80H60N2Si/c1-79(2)68-45-18-20-49-72(68)81(53-28-9-5-10-29-53)76-62(41-26-47-70(76)79)57-37-23-39-60-66(57)52-67-58(63-42-27-48-71-77(63)82(54-30-11-6-12-31-54)73-50-21-19-46-69(73)80(71,3)4)38-24-40-61(67)75(60)65-44-25-43-64-59-36-17-22-51-74(59)83(78(64)65,55-32-13-7-14-33-55)56-34-15-8-16-35-56/h5-52H,1-4H3. The highest BCUT2D eigenvalue weighted by Gasteiger charge is 2.50. The van der Waals surface area contributed by atoms with E-state index in [9.17, 15) is 0 Å². The van der Waals surface area contributed by atoms with Gasteiger partial charge in [0, 0.05) is 33.3 Å². The fraction of sp³-hybridized carbons (Fsp3) is 0.0750. The van der Waals surface area contributed by atoms with Crippen LogP contribution in [-0.2, 0) is 10.8 Å². The van der Waals surface area contributed by atoms with Gasteiger partial charge in [-0.05, 0) is 140 Å². The summed E-state index contributed by atoms with van der Waals surface area (Å²) in [5.74, 6) is 0. The van der Waals surface area contributed by atoms with E-state index in [1.807, 2.05) is 0 Å². The molecule has 13 aromatic rings. The molecule has 13 aromatic carbocycles. The van der Waals surface area contributed by atoms with Gasteiger partial charge in [-0.2, -0.15) is 0 Å². The molecule has 0 amide bonds. The summed E-state index contributed by atoms with van der Waals surface area (Å²) in [7, 11) is -3.03. The van der Waals surface area contributed by atoms with Gasteiger partial charge in [0.05, 0.1) is 22.7 Å². The van der Waals surface area contributed by atoms with Gasteiger partial charge in [-0.15, -0.1) is 0 Å². The van der Waals surface area contributed by atoms with E-state index in [1.165, 1.54) is 132 Å². The molecule has 3 heteroatoms. The van der Waals surface area contributed by atoms with E-state index in [1.54, 1.807) is 0 Å². The van der Waals surface area contributed by atoms with Crippen molar-refractivity contribution in [3.63, 3.8) is 0 Å². The van der Waals surface area contributed by atoms with Gasteiger partial charge in [-0.3, -0.25) is 0 Å². The van der Waals surface area contributed by atoms with E-state index < -0.39 is 8.07 Å². The first kappa shape index (κ1) is 49.0. The average molecular weight is 1080 g/mol. The minimum absolute atomic E-state index is 0.283. The zero-order valence-electron chi connectivity index (χ0n) is 47.1. The fourth-order valence-electron chi connectivity index (χ4n) is 15.3. The summed E-state index contributed by atoms with van der Waals surface area (Å²) in [4.78, 5) is 5.07. The molecule has 0 bridgehead atoms. The Morgan fingerprint density at radius 1 is 0.277 bits per heavy atom. The van der Waals surface area contributed by atoms with E-state index >= 15 is 0 Å². The molecule has 0 radical (unpaired) electrons. The monoisotopic (exact) mass is 1080 g/mol. The molecule has 3 aliphatic rings. The highest BCUT2D eigenvalue weighted by atomic mass is 28.3. The van der Waals surface area contributed by atoms with Crippen molar-refractivity contribution in [1.82, 2.24) is 0 Å². The summed E-state index contributed by atoms with van der Waals surface area (Å²) >= 11 is 0. The number of hydrogen-bond acceptors (Lipinski definition) is 2. The molecule has 0 spiro atoms. The largest absolute Gasteiger partial charge is 0.309 e. The molecular formula is C80H60N2Si.